The van der Waals surface area contributed by atoms with Crippen LogP contribution in [0.15, 0.2) is 42.5 Å². The third-order valence-electron chi connectivity index (χ3n) is 3.57. The molecule has 0 aliphatic carbocycles. The second-order valence-corrected chi connectivity index (χ2v) is 5.33. The van der Waals surface area contributed by atoms with Crippen LogP contribution >= 0.6 is 0 Å². The average molecular weight is 330 g/mol. The minimum absolute atomic E-state index is 0.0579. The standard InChI is InChI=1S/C19H22O5/c1-14-5-3-4-6-17(14)23-11-12-24-18-13-16(22-2)9-7-15(18)8-10-19(20)21/h3-7,9,13H,8,10-12H2,1-2H3,(H,20,21). The van der Waals surface area contributed by atoms with E-state index in [2.05, 4.69) is 0 Å². The van der Waals surface area contributed by atoms with Crippen molar-refractivity contribution in [3.8, 4) is 17.2 Å². The largest absolute Gasteiger partial charge is 0.497 e. The van der Waals surface area contributed by atoms with Crippen molar-refractivity contribution in [2.75, 3.05) is 20.3 Å². The highest BCUT2D eigenvalue weighted by Gasteiger charge is 2.08. The maximum atomic E-state index is 10.8. The molecule has 0 bridgehead atoms. The van der Waals surface area contributed by atoms with Gasteiger partial charge >= 0.3 is 5.97 Å². The Kier molecular flexibility index (Phi) is 6.49. The summed E-state index contributed by atoms with van der Waals surface area (Å²) < 4.78 is 16.7. The fourth-order valence-corrected chi connectivity index (χ4v) is 2.27. The first-order valence-electron chi connectivity index (χ1n) is 7.80. The number of carboxylic acids is 1. The third kappa shape index (κ3) is 5.19. The van der Waals surface area contributed by atoms with Crippen LogP contribution in [0.1, 0.15) is 17.5 Å². The molecule has 128 valence electrons. The second-order valence-electron chi connectivity index (χ2n) is 5.33. The van der Waals surface area contributed by atoms with Crippen LogP contribution in [-0.4, -0.2) is 31.4 Å². The number of ether oxygens (including phenoxy) is 3. The zero-order valence-electron chi connectivity index (χ0n) is 14.0. The molecule has 24 heavy (non-hydrogen) atoms. The molecule has 5 heteroatoms. The van der Waals surface area contributed by atoms with Gasteiger partial charge in [0, 0.05) is 12.5 Å². The molecular formula is C19H22O5. The molecule has 1 N–H and O–H groups in total. The van der Waals surface area contributed by atoms with E-state index in [0.29, 0.717) is 31.1 Å². The molecule has 0 saturated carbocycles. The number of benzene rings is 2. The predicted octanol–water partition coefficient (Wildman–Crippen LogP) is 3.48. The summed E-state index contributed by atoms with van der Waals surface area (Å²) in [4.78, 5) is 10.8. The summed E-state index contributed by atoms with van der Waals surface area (Å²) in [5.41, 5.74) is 1.91. The van der Waals surface area contributed by atoms with Gasteiger partial charge in [-0.1, -0.05) is 24.3 Å². The van der Waals surface area contributed by atoms with Gasteiger partial charge < -0.3 is 19.3 Å². The van der Waals surface area contributed by atoms with E-state index < -0.39 is 5.97 Å². The van der Waals surface area contributed by atoms with Crippen LogP contribution < -0.4 is 14.2 Å². The van der Waals surface area contributed by atoms with Crippen molar-refractivity contribution in [2.24, 2.45) is 0 Å². The molecule has 0 fully saturated rings. The van der Waals surface area contributed by atoms with Crippen LogP contribution in [0.4, 0.5) is 0 Å². The van der Waals surface area contributed by atoms with E-state index in [1.807, 2.05) is 37.3 Å². The number of methoxy groups -OCH3 is 1. The normalized spacial score (nSPS) is 10.2. The second kappa shape index (κ2) is 8.82. The van der Waals surface area contributed by atoms with E-state index in [1.54, 1.807) is 19.2 Å². The van der Waals surface area contributed by atoms with Gasteiger partial charge in [-0.2, -0.15) is 0 Å². The molecule has 0 unspecified atom stereocenters. The first kappa shape index (κ1) is 17.7. The minimum atomic E-state index is -0.834. The Bertz CT molecular complexity index is 681. The minimum Gasteiger partial charge on any atom is -0.497 e. The van der Waals surface area contributed by atoms with Gasteiger partial charge in [0.15, 0.2) is 0 Å². The number of hydrogen-bond acceptors (Lipinski definition) is 4. The highest BCUT2D eigenvalue weighted by molar-refractivity contribution is 5.67. The van der Waals surface area contributed by atoms with Crippen LogP contribution in [-0.2, 0) is 11.2 Å². The number of aliphatic carboxylic acids is 1. The summed E-state index contributed by atoms with van der Waals surface area (Å²) in [5, 5.41) is 8.85. The van der Waals surface area contributed by atoms with Gasteiger partial charge in [0.25, 0.3) is 0 Å². The van der Waals surface area contributed by atoms with Crippen LogP contribution in [0.5, 0.6) is 17.2 Å². The maximum absolute atomic E-state index is 10.8. The summed E-state index contributed by atoms with van der Waals surface area (Å²) in [6.07, 6.45) is 0.468. The molecule has 0 aliphatic rings. The highest BCUT2D eigenvalue weighted by atomic mass is 16.5. The SMILES string of the molecule is COc1ccc(CCC(=O)O)c(OCCOc2ccccc2C)c1. The maximum Gasteiger partial charge on any atom is 0.303 e. The van der Waals surface area contributed by atoms with Crippen molar-refractivity contribution in [1.29, 1.82) is 0 Å². The van der Waals surface area contributed by atoms with Gasteiger partial charge in [0.1, 0.15) is 30.5 Å². The lowest BCUT2D eigenvalue weighted by Crippen LogP contribution is -2.11. The van der Waals surface area contributed by atoms with E-state index >= 15 is 0 Å². The first-order chi connectivity index (χ1) is 11.6. The van der Waals surface area contributed by atoms with E-state index in [0.717, 1.165) is 16.9 Å². The molecule has 0 amide bonds. The summed E-state index contributed by atoms with van der Waals surface area (Å²) >= 11 is 0. The van der Waals surface area contributed by atoms with Crippen molar-refractivity contribution in [1.82, 2.24) is 0 Å². The van der Waals surface area contributed by atoms with E-state index in [1.165, 1.54) is 0 Å². The van der Waals surface area contributed by atoms with Crippen LogP contribution in [0.25, 0.3) is 0 Å². The average Bonchev–Trinajstić information content (AvgIpc) is 2.58. The molecular weight excluding hydrogens is 308 g/mol. The monoisotopic (exact) mass is 330 g/mol. The van der Waals surface area contributed by atoms with Gasteiger partial charge in [0.05, 0.1) is 7.11 Å². The number of carbonyl (C=O) groups is 1. The molecule has 0 spiro atoms. The lowest BCUT2D eigenvalue weighted by atomic mass is 10.1. The van der Waals surface area contributed by atoms with Gasteiger partial charge in [0.2, 0.25) is 0 Å². The number of rotatable bonds is 9. The van der Waals surface area contributed by atoms with Gasteiger partial charge in [-0.15, -0.1) is 0 Å². The molecule has 2 rings (SSSR count). The van der Waals surface area contributed by atoms with Crippen molar-refractivity contribution in [2.45, 2.75) is 19.8 Å². The quantitative estimate of drug-likeness (QED) is 0.713. The molecule has 0 atom stereocenters. The van der Waals surface area contributed by atoms with Crippen molar-refractivity contribution in [3.05, 3.63) is 53.6 Å². The summed E-state index contributed by atoms with van der Waals surface area (Å²) in [6, 6.07) is 13.2. The zero-order chi connectivity index (χ0) is 17.4. The van der Waals surface area contributed by atoms with Gasteiger partial charge in [-0.3, -0.25) is 4.79 Å². The third-order valence-corrected chi connectivity index (χ3v) is 3.57. The van der Waals surface area contributed by atoms with E-state index in [4.69, 9.17) is 19.3 Å². The molecule has 0 saturated heterocycles. The topological polar surface area (TPSA) is 65.0 Å². The van der Waals surface area contributed by atoms with Crippen molar-refractivity contribution < 1.29 is 24.1 Å². The lowest BCUT2D eigenvalue weighted by Gasteiger charge is -2.14. The Labute approximate surface area is 141 Å². The van der Waals surface area contributed by atoms with Crippen molar-refractivity contribution >= 4 is 5.97 Å². The molecule has 0 aromatic heterocycles. The Balaban J connectivity index is 1.94. The van der Waals surface area contributed by atoms with Crippen LogP contribution in [0, 0.1) is 6.92 Å². The lowest BCUT2D eigenvalue weighted by molar-refractivity contribution is -0.136. The molecule has 0 heterocycles. The number of para-hydroxylation sites is 1. The van der Waals surface area contributed by atoms with E-state index in [9.17, 15) is 4.79 Å². The van der Waals surface area contributed by atoms with E-state index in [-0.39, 0.29) is 6.42 Å². The number of aryl methyl sites for hydroxylation is 2. The van der Waals surface area contributed by atoms with Crippen molar-refractivity contribution in [3.63, 3.8) is 0 Å². The molecule has 2 aromatic rings. The molecule has 0 aliphatic heterocycles. The van der Waals surface area contributed by atoms with Gasteiger partial charge in [-0.25, -0.2) is 0 Å². The smallest absolute Gasteiger partial charge is 0.303 e. The summed E-state index contributed by atoms with van der Waals surface area (Å²) in [5.74, 6) is 1.30. The highest BCUT2D eigenvalue weighted by Crippen LogP contribution is 2.26. The Morgan fingerprint density at radius 1 is 1.04 bits per heavy atom. The van der Waals surface area contributed by atoms with Crippen LogP contribution in [0.2, 0.25) is 0 Å². The van der Waals surface area contributed by atoms with Crippen LogP contribution in [0.3, 0.4) is 0 Å². The zero-order valence-corrected chi connectivity index (χ0v) is 14.0. The molecule has 0 radical (unpaired) electrons. The number of carboxylic acid groups (broad SMARTS) is 1. The Hall–Kier alpha value is -2.69. The fraction of sp³-hybridized carbons (Fsp3) is 0.316. The fourth-order valence-electron chi connectivity index (χ4n) is 2.27. The Morgan fingerprint density at radius 2 is 1.75 bits per heavy atom. The predicted molar refractivity (Wildman–Crippen MR) is 91.1 cm³/mol. The first-order valence-corrected chi connectivity index (χ1v) is 7.80. The van der Waals surface area contributed by atoms with Gasteiger partial charge in [-0.05, 0) is 36.6 Å². The summed E-state index contributed by atoms with van der Waals surface area (Å²) in [6.45, 7) is 2.75. The molecule has 2 aromatic carbocycles. The Morgan fingerprint density at radius 3 is 2.42 bits per heavy atom. The summed E-state index contributed by atoms with van der Waals surface area (Å²) in [7, 11) is 1.58. The number of hydrogen-bond donors (Lipinski definition) is 1. The molecule has 5 nitrogen and oxygen atoms in total.